The standard InChI is InChI=1S/C13H24N4O/c18-10-13(6-2-1-3-7-13)9-14-8-4-5-12-15-11-16-17-12/h11,14,18H,1-10H2,(H,15,16,17). The van der Waals surface area contributed by atoms with Gasteiger partial charge in [0.05, 0.1) is 0 Å². The molecule has 102 valence electrons. The molecule has 0 bridgehead atoms. The van der Waals surface area contributed by atoms with Crippen LogP contribution in [0.4, 0.5) is 0 Å². The summed E-state index contributed by atoms with van der Waals surface area (Å²) in [6.45, 7) is 2.24. The van der Waals surface area contributed by atoms with Crippen molar-refractivity contribution in [3.05, 3.63) is 12.2 Å². The first-order chi connectivity index (χ1) is 8.85. The van der Waals surface area contributed by atoms with Gasteiger partial charge in [-0.05, 0) is 25.8 Å². The van der Waals surface area contributed by atoms with E-state index in [9.17, 15) is 5.11 Å². The van der Waals surface area contributed by atoms with E-state index in [1.807, 2.05) is 0 Å². The number of aliphatic hydroxyl groups is 1. The smallest absolute Gasteiger partial charge is 0.137 e. The Morgan fingerprint density at radius 3 is 2.83 bits per heavy atom. The second-order valence-corrected chi connectivity index (χ2v) is 5.43. The molecule has 1 aromatic rings. The molecule has 0 aliphatic heterocycles. The van der Waals surface area contributed by atoms with Gasteiger partial charge in [0.1, 0.15) is 12.2 Å². The van der Waals surface area contributed by atoms with Crippen LogP contribution in [0.5, 0.6) is 0 Å². The first kappa shape index (κ1) is 13.5. The van der Waals surface area contributed by atoms with Crippen molar-refractivity contribution in [2.75, 3.05) is 19.7 Å². The Morgan fingerprint density at radius 2 is 2.17 bits per heavy atom. The molecule has 3 N–H and O–H groups in total. The number of H-pyrrole nitrogens is 1. The summed E-state index contributed by atoms with van der Waals surface area (Å²) >= 11 is 0. The van der Waals surface area contributed by atoms with Crippen molar-refractivity contribution in [3.63, 3.8) is 0 Å². The van der Waals surface area contributed by atoms with Crippen LogP contribution in [0.25, 0.3) is 0 Å². The molecule has 5 heteroatoms. The van der Waals surface area contributed by atoms with E-state index in [0.717, 1.165) is 31.8 Å². The number of rotatable bonds is 7. The summed E-state index contributed by atoms with van der Waals surface area (Å²) in [6.07, 6.45) is 9.71. The normalized spacial score (nSPS) is 18.9. The van der Waals surface area contributed by atoms with Crippen LogP contribution in [0, 0.1) is 5.41 Å². The molecule has 0 unspecified atom stereocenters. The van der Waals surface area contributed by atoms with Crippen molar-refractivity contribution >= 4 is 0 Å². The van der Waals surface area contributed by atoms with Gasteiger partial charge < -0.3 is 10.4 Å². The Hall–Kier alpha value is -0.940. The minimum atomic E-state index is 0.143. The fourth-order valence-electron chi connectivity index (χ4n) is 2.78. The van der Waals surface area contributed by atoms with E-state index in [1.165, 1.54) is 32.1 Å². The van der Waals surface area contributed by atoms with E-state index in [2.05, 4.69) is 20.5 Å². The van der Waals surface area contributed by atoms with Gasteiger partial charge in [0, 0.05) is 25.0 Å². The summed E-state index contributed by atoms with van der Waals surface area (Å²) in [5, 5.41) is 19.8. The number of aromatic nitrogens is 3. The Bertz CT molecular complexity index is 320. The number of aliphatic hydroxyl groups excluding tert-OH is 1. The van der Waals surface area contributed by atoms with Crippen molar-refractivity contribution in [3.8, 4) is 0 Å². The van der Waals surface area contributed by atoms with Gasteiger partial charge in [-0.15, -0.1) is 0 Å². The second-order valence-electron chi connectivity index (χ2n) is 5.43. The molecule has 5 nitrogen and oxygen atoms in total. The van der Waals surface area contributed by atoms with Crippen LogP contribution >= 0.6 is 0 Å². The zero-order valence-electron chi connectivity index (χ0n) is 11.0. The van der Waals surface area contributed by atoms with E-state index in [-0.39, 0.29) is 5.41 Å². The molecule has 0 radical (unpaired) electrons. The molecule has 0 atom stereocenters. The summed E-state index contributed by atoms with van der Waals surface area (Å²) in [7, 11) is 0. The molecular weight excluding hydrogens is 228 g/mol. The lowest BCUT2D eigenvalue weighted by molar-refractivity contribution is 0.0815. The Kier molecular flexibility index (Phi) is 5.13. The summed E-state index contributed by atoms with van der Waals surface area (Å²) < 4.78 is 0. The summed E-state index contributed by atoms with van der Waals surface area (Å²) in [5.74, 6) is 0.950. The molecule has 1 saturated carbocycles. The maximum Gasteiger partial charge on any atom is 0.137 e. The largest absolute Gasteiger partial charge is 0.396 e. The lowest BCUT2D eigenvalue weighted by Crippen LogP contribution is -2.39. The van der Waals surface area contributed by atoms with Gasteiger partial charge in [-0.1, -0.05) is 19.3 Å². The van der Waals surface area contributed by atoms with Crippen molar-refractivity contribution in [2.45, 2.75) is 44.9 Å². The topological polar surface area (TPSA) is 73.8 Å². The van der Waals surface area contributed by atoms with E-state index < -0.39 is 0 Å². The first-order valence-corrected chi connectivity index (χ1v) is 7.00. The van der Waals surface area contributed by atoms with Gasteiger partial charge in [-0.3, -0.25) is 5.10 Å². The highest BCUT2D eigenvalue weighted by molar-refractivity contribution is 4.85. The van der Waals surface area contributed by atoms with Crippen LogP contribution in [-0.4, -0.2) is 40.0 Å². The van der Waals surface area contributed by atoms with Gasteiger partial charge in [-0.2, -0.15) is 5.10 Å². The highest BCUT2D eigenvalue weighted by Gasteiger charge is 2.30. The van der Waals surface area contributed by atoms with Crippen molar-refractivity contribution < 1.29 is 5.11 Å². The Morgan fingerprint density at radius 1 is 1.33 bits per heavy atom. The summed E-state index contributed by atoms with van der Waals surface area (Å²) in [4.78, 5) is 4.10. The predicted molar refractivity (Wildman–Crippen MR) is 70.2 cm³/mol. The number of aryl methyl sites for hydroxylation is 1. The van der Waals surface area contributed by atoms with Crippen LogP contribution in [-0.2, 0) is 6.42 Å². The second kappa shape index (κ2) is 6.85. The summed E-state index contributed by atoms with van der Waals surface area (Å²) in [5.41, 5.74) is 0.143. The minimum absolute atomic E-state index is 0.143. The number of hydrogen-bond donors (Lipinski definition) is 3. The SMILES string of the molecule is OCC1(CNCCCc2ncn[nH]2)CCCCC1. The summed E-state index contributed by atoms with van der Waals surface area (Å²) in [6, 6.07) is 0. The average molecular weight is 252 g/mol. The van der Waals surface area contributed by atoms with Crippen molar-refractivity contribution in [2.24, 2.45) is 5.41 Å². The van der Waals surface area contributed by atoms with E-state index in [1.54, 1.807) is 6.33 Å². The van der Waals surface area contributed by atoms with E-state index in [0.29, 0.717) is 6.61 Å². The highest BCUT2D eigenvalue weighted by atomic mass is 16.3. The Labute approximate surface area is 108 Å². The van der Waals surface area contributed by atoms with Gasteiger partial charge >= 0.3 is 0 Å². The van der Waals surface area contributed by atoms with Crippen molar-refractivity contribution in [1.29, 1.82) is 0 Å². The number of hydrogen-bond acceptors (Lipinski definition) is 4. The van der Waals surface area contributed by atoms with E-state index >= 15 is 0 Å². The quantitative estimate of drug-likeness (QED) is 0.639. The third-order valence-electron chi connectivity index (χ3n) is 3.98. The van der Waals surface area contributed by atoms with Crippen LogP contribution in [0.3, 0.4) is 0 Å². The molecule has 1 fully saturated rings. The van der Waals surface area contributed by atoms with Gasteiger partial charge in [0.2, 0.25) is 0 Å². The van der Waals surface area contributed by atoms with Crippen molar-refractivity contribution in [1.82, 2.24) is 20.5 Å². The molecule has 0 saturated heterocycles. The average Bonchev–Trinajstić information content (AvgIpc) is 2.93. The lowest BCUT2D eigenvalue weighted by atomic mass is 9.74. The van der Waals surface area contributed by atoms with E-state index in [4.69, 9.17) is 0 Å². The molecule has 0 spiro atoms. The van der Waals surface area contributed by atoms with Gasteiger partial charge in [0.25, 0.3) is 0 Å². The molecule has 1 heterocycles. The van der Waals surface area contributed by atoms with Crippen LogP contribution in [0.15, 0.2) is 6.33 Å². The van der Waals surface area contributed by atoms with Crippen LogP contribution in [0.2, 0.25) is 0 Å². The maximum absolute atomic E-state index is 9.59. The van der Waals surface area contributed by atoms with Crippen LogP contribution < -0.4 is 5.32 Å². The molecule has 0 aromatic carbocycles. The zero-order valence-corrected chi connectivity index (χ0v) is 11.0. The molecule has 1 aliphatic carbocycles. The Balaban J connectivity index is 1.61. The number of nitrogens with zero attached hydrogens (tertiary/aromatic N) is 2. The van der Waals surface area contributed by atoms with Gasteiger partial charge in [0.15, 0.2) is 0 Å². The third-order valence-corrected chi connectivity index (χ3v) is 3.98. The molecule has 0 amide bonds. The zero-order chi connectivity index (χ0) is 12.7. The monoisotopic (exact) mass is 252 g/mol. The molecular formula is C13H24N4O. The maximum atomic E-state index is 9.59. The lowest BCUT2D eigenvalue weighted by Gasteiger charge is -2.35. The molecule has 2 rings (SSSR count). The number of aromatic amines is 1. The molecule has 1 aliphatic rings. The molecule has 1 aromatic heterocycles. The van der Waals surface area contributed by atoms with Crippen LogP contribution in [0.1, 0.15) is 44.3 Å². The number of nitrogens with one attached hydrogen (secondary N) is 2. The fourth-order valence-corrected chi connectivity index (χ4v) is 2.78. The first-order valence-electron chi connectivity index (χ1n) is 7.00. The minimum Gasteiger partial charge on any atom is -0.396 e. The highest BCUT2D eigenvalue weighted by Crippen LogP contribution is 2.35. The molecule has 18 heavy (non-hydrogen) atoms. The van der Waals surface area contributed by atoms with Gasteiger partial charge in [-0.25, -0.2) is 4.98 Å². The third kappa shape index (κ3) is 3.78. The fraction of sp³-hybridized carbons (Fsp3) is 0.846. The predicted octanol–water partition coefficient (Wildman–Crippen LogP) is 1.27.